The summed E-state index contributed by atoms with van der Waals surface area (Å²) in [5.74, 6) is 10.0. The molecule has 4 aromatic heterocycles. The van der Waals surface area contributed by atoms with Gasteiger partial charge in [-0.05, 0) is 130 Å². The molecule has 6 aromatic carbocycles. The van der Waals surface area contributed by atoms with E-state index in [1.807, 2.05) is 190 Å². The Balaban J connectivity index is 0.000000167. The molecule has 0 radical (unpaired) electrons. The van der Waals surface area contributed by atoms with Crippen LogP contribution < -0.4 is 61.1 Å². The molecule has 10 aromatic rings. The van der Waals surface area contributed by atoms with Gasteiger partial charge in [-0.1, -0.05) is 83.3 Å². The summed E-state index contributed by atoms with van der Waals surface area (Å²) in [5, 5.41) is 6.62. The van der Waals surface area contributed by atoms with E-state index in [0.29, 0.717) is 74.0 Å². The number of methoxy groups -OCH3 is 4. The molecule has 0 saturated carbocycles. The predicted molar refractivity (Wildman–Crippen MR) is 356 cm³/mol. The number of hydrogen-bond acceptors (Lipinski definition) is 20. The van der Waals surface area contributed by atoms with Gasteiger partial charge in [-0.15, -0.1) is 0 Å². The molecule has 7 N–H and O–H groups in total. The number of benzene rings is 6. The molecule has 0 aliphatic heterocycles. The van der Waals surface area contributed by atoms with Crippen LogP contribution in [0, 0.1) is 34.6 Å². The summed E-state index contributed by atoms with van der Waals surface area (Å²) in [7, 11) is 14.2. The number of hydrogen-bond donors (Lipinski definition) is 4. The molecule has 0 amide bonds. The summed E-state index contributed by atoms with van der Waals surface area (Å²) in [6, 6.07) is 45.3. The lowest BCUT2D eigenvalue weighted by Gasteiger charge is -2.21. The smallest absolute Gasteiger partial charge is 0.157 e. The maximum atomic E-state index is 6.60. The molecule has 87 heavy (non-hydrogen) atoms. The zero-order valence-electron chi connectivity index (χ0n) is 50.9. The largest absolute Gasteiger partial charge is 0.497 e. The molecule has 4 heterocycles. The maximum absolute atomic E-state index is 6.60. The van der Waals surface area contributed by atoms with Gasteiger partial charge in [0, 0.05) is 74.5 Å². The predicted octanol–water partition coefficient (Wildman–Crippen LogP) is 14.0. The Morgan fingerprint density at radius 1 is 0.402 bits per heavy atom. The fourth-order valence-electron chi connectivity index (χ4n) is 8.75. The Bertz CT molecular complexity index is 3950. The third-order valence-electron chi connectivity index (χ3n) is 13.5. The Hall–Kier alpha value is -9.63. The van der Waals surface area contributed by atoms with Crippen molar-refractivity contribution in [1.82, 2.24) is 39.9 Å². The SMILES string of the molecule is COc1ccc(N(C)c2nc(C)nc(N)c2C)cc1.COc1ccc(N(C)c2nc(C)nc(NCc3ccccc3)c2Cl)cc1.COc1cccc(N(C)c2nc(C)nc(N)c2Cl)c1.COc1cccc2cc(N(C)c3nc(C)nc(N)c3Cl)ccc12. The van der Waals surface area contributed by atoms with E-state index in [1.165, 1.54) is 0 Å². The molecule has 0 aliphatic rings. The van der Waals surface area contributed by atoms with Gasteiger partial charge in [0.2, 0.25) is 0 Å². The average Bonchev–Trinajstić information content (AvgIpc) is 3.68. The number of aromatic nitrogens is 8. The second-order valence-corrected chi connectivity index (χ2v) is 20.6. The minimum absolute atomic E-state index is 0.277. The average molecular weight is 1230 g/mol. The molecule has 20 nitrogen and oxygen atoms in total. The number of nitrogens with zero attached hydrogens (tertiary/aromatic N) is 12. The van der Waals surface area contributed by atoms with Crippen molar-refractivity contribution in [2.75, 3.05) is 98.7 Å². The summed E-state index contributed by atoms with van der Waals surface area (Å²) < 4.78 is 21.0. The van der Waals surface area contributed by atoms with Crippen LogP contribution in [0.15, 0.2) is 140 Å². The maximum Gasteiger partial charge on any atom is 0.157 e. The summed E-state index contributed by atoms with van der Waals surface area (Å²) >= 11 is 19.0. The van der Waals surface area contributed by atoms with Gasteiger partial charge < -0.3 is 61.1 Å². The van der Waals surface area contributed by atoms with Crippen molar-refractivity contribution in [3.05, 3.63) is 189 Å². The van der Waals surface area contributed by atoms with E-state index in [4.69, 9.17) is 71.0 Å². The number of halogens is 3. The van der Waals surface area contributed by atoms with Crippen molar-refractivity contribution >= 4 is 115 Å². The van der Waals surface area contributed by atoms with Crippen molar-refractivity contribution in [3.8, 4) is 23.0 Å². The lowest BCUT2D eigenvalue weighted by atomic mass is 10.1. The second kappa shape index (κ2) is 29.9. The van der Waals surface area contributed by atoms with E-state index >= 15 is 0 Å². The first kappa shape index (κ1) is 64.9. The van der Waals surface area contributed by atoms with Crippen LogP contribution in [0.3, 0.4) is 0 Å². The van der Waals surface area contributed by atoms with Crippen LogP contribution in [0.4, 0.5) is 69.3 Å². The Morgan fingerprint density at radius 3 is 1.36 bits per heavy atom. The minimum atomic E-state index is 0.277. The monoisotopic (exact) mass is 1230 g/mol. The van der Waals surface area contributed by atoms with E-state index in [2.05, 4.69) is 63.4 Å². The third-order valence-corrected chi connectivity index (χ3v) is 14.6. The van der Waals surface area contributed by atoms with E-state index < -0.39 is 0 Å². The second-order valence-electron chi connectivity index (χ2n) is 19.5. The standard InChI is InChI=1S/C20H21ClN4O.C17H17ClN4O.C14H18N4O.C13H15ClN4O/c1-14-23-19(22-13-15-7-5-4-6-8-15)18(21)20(24-14)25(2)16-9-11-17(26-3)12-10-16;1-10-20-16(19)15(18)17(21-10)22(2)12-7-8-13-11(9-12)5-4-6-14(13)23-3;1-9-13(15)16-10(2)17-14(9)18(3)11-5-7-12(19-4)8-6-11;1-8-16-12(15)11(14)13(17-8)18(2)9-5-4-6-10(7-9)19-3/h4-12H,13H2,1-3H3,(H,22,23,24);4-9H,1-3H3,(H2,19,20,21);5-8H,1-4H3,(H2,15,16,17);4-7H,1-3H3,(H2,15,16,17). The van der Waals surface area contributed by atoms with Crippen LogP contribution in [0.25, 0.3) is 10.8 Å². The van der Waals surface area contributed by atoms with Crippen LogP contribution in [-0.2, 0) is 6.54 Å². The normalized spacial score (nSPS) is 10.5. The first-order valence-electron chi connectivity index (χ1n) is 27.1. The number of fused-ring (bicyclic) bond motifs is 1. The fraction of sp³-hybridized carbons (Fsp3) is 0.219. The first-order chi connectivity index (χ1) is 41.6. The molecular weight excluding hydrogens is 1160 g/mol. The zero-order valence-corrected chi connectivity index (χ0v) is 53.1. The van der Waals surface area contributed by atoms with Crippen LogP contribution >= 0.6 is 34.8 Å². The van der Waals surface area contributed by atoms with Gasteiger partial charge in [-0.25, -0.2) is 39.9 Å². The van der Waals surface area contributed by atoms with Crippen molar-refractivity contribution in [2.45, 2.75) is 41.2 Å². The molecule has 0 saturated heterocycles. The highest BCUT2D eigenvalue weighted by molar-refractivity contribution is 6.36. The lowest BCUT2D eigenvalue weighted by molar-refractivity contribution is 0.414. The summed E-state index contributed by atoms with van der Waals surface area (Å²) in [6.07, 6.45) is 0. The summed E-state index contributed by atoms with van der Waals surface area (Å²) in [5.41, 5.74) is 23.3. The van der Waals surface area contributed by atoms with E-state index in [-0.39, 0.29) is 11.6 Å². The van der Waals surface area contributed by atoms with E-state index in [9.17, 15) is 0 Å². The minimum Gasteiger partial charge on any atom is -0.497 e. The zero-order chi connectivity index (χ0) is 63.1. The highest BCUT2D eigenvalue weighted by Crippen LogP contribution is 2.38. The topological polar surface area (TPSA) is 243 Å². The molecule has 0 bridgehead atoms. The summed E-state index contributed by atoms with van der Waals surface area (Å²) in [6.45, 7) is 9.81. The number of rotatable bonds is 15. The molecule has 0 fully saturated rings. The highest BCUT2D eigenvalue weighted by atomic mass is 35.5. The van der Waals surface area contributed by atoms with Gasteiger partial charge in [0.1, 0.15) is 84.6 Å². The molecule has 0 unspecified atom stereocenters. The fourth-order valence-corrected chi connectivity index (χ4v) is 9.45. The van der Waals surface area contributed by atoms with Crippen molar-refractivity contribution in [3.63, 3.8) is 0 Å². The van der Waals surface area contributed by atoms with E-state index in [1.54, 1.807) is 42.3 Å². The van der Waals surface area contributed by atoms with Gasteiger partial charge in [0.25, 0.3) is 0 Å². The highest BCUT2D eigenvalue weighted by Gasteiger charge is 2.19. The molecule has 0 aliphatic carbocycles. The molecular formula is C64H71Cl3N16O4. The van der Waals surface area contributed by atoms with Gasteiger partial charge >= 0.3 is 0 Å². The lowest BCUT2D eigenvalue weighted by Crippen LogP contribution is -2.15. The quantitative estimate of drug-likeness (QED) is 0.0745. The van der Waals surface area contributed by atoms with Gasteiger partial charge in [-0.2, -0.15) is 0 Å². The Morgan fingerprint density at radius 2 is 0.839 bits per heavy atom. The van der Waals surface area contributed by atoms with Crippen LogP contribution in [0.2, 0.25) is 15.1 Å². The Labute approximate surface area is 522 Å². The van der Waals surface area contributed by atoms with E-state index in [0.717, 1.165) is 73.5 Å². The van der Waals surface area contributed by atoms with Gasteiger partial charge in [0.05, 0.1) is 28.4 Å². The van der Waals surface area contributed by atoms with Gasteiger partial charge in [0.15, 0.2) is 23.3 Å². The van der Waals surface area contributed by atoms with Crippen LogP contribution in [0.5, 0.6) is 23.0 Å². The molecule has 10 rings (SSSR count). The number of nitrogens with two attached hydrogens (primary N) is 3. The molecule has 0 spiro atoms. The first-order valence-corrected chi connectivity index (χ1v) is 28.2. The van der Waals surface area contributed by atoms with Crippen molar-refractivity contribution < 1.29 is 18.9 Å². The van der Waals surface area contributed by atoms with Crippen LogP contribution in [0.1, 0.15) is 34.4 Å². The molecule has 452 valence electrons. The number of ether oxygens (including phenoxy) is 4. The Kier molecular flexibility index (Phi) is 22.3. The number of nitrogen functional groups attached to an aromatic ring is 3. The van der Waals surface area contributed by atoms with Gasteiger partial charge in [-0.3, -0.25) is 0 Å². The number of aryl methyl sites for hydroxylation is 4. The van der Waals surface area contributed by atoms with Crippen molar-refractivity contribution in [1.29, 1.82) is 0 Å². The third kappa shape index (κ3) is 16.4. The van der Waals surface area contributed by atoms with Crippen molar-refractivity contribution in [2.24, 2.45) is 0 Å². The summed E-state index contributed by atoms with van der Waals surface area (Å²) in [4.78, 5) is 42.1. The molecule has 23 heteroatoms. The number of anilines is 12. The van der Waals surface area contributed by atoms with Crippen LogP contribution in [-0.4, -0.2) is 96.5 Å². The number of nitrogens with one attached hydrogen (secondary N) is 1. The molecule has 0 atom stereocenters.